The van der Waals surface area contributed by atoms with Crippen LogP contribution in [0.1, 0.15) is 22.6 Å². The van der Waals surface area contributed by atoms with Crippen LogP contribution in [0.25, 0.3) is 10.2 Å². The quantitative estimate of drug-likeness (QED) is 0.790. The minimum Gasteiger partial charge on any atom is -0.367 e. The third-order valence-electron chi connectivity index (χ3n) is 4.45. The molecule has 1 atom stereocenters. The molecule has 1 amide bonds. The molecule has 1 aromatic heterocycles. The lowest BCUT2D eigenvalue weighted by molar-refractivity contribution is 0.0951. The molecule has 4 rings (SSSR count). The average Bonchev–Trinajstić information content (AvgIpc) is 3.27. The lowest BCUT2D eigenvalue weighted by atomic mass is 10.2. The predicted octanol–water partition coefficient (Wildman–Crippen LogP) is 3.70. The van der Waals surface area contributed by atoms with Gasteiger partial charge in [-0.1, -0.05) is 30.3 Å². The summed E-state index contributed by atoms with van der Waals surface area (Å²) in [6.45, 7) is 1.70. The standard InChI is InChI=1S/C19H19N3OS/c23-18(19-21-16-10-4-5-11-17(16)24-19)20-13-15-9-6-12-22(15)14-7-2-1-3-8-14/h1-5,7-8,10-11,15H,6,9,12-13H2,(H,20,23)/t15-/m0/s1. The number of anilines is 1. The maximum atomic E-state index is 12.4. The molecule has 24 heavy (non-hydrogen) atoms. The highest BCUT2D eigenvalue weighted by Gasteiger charge is 2.25. The molecule has 4 nitrogen and oxygen atoms in total. The van der Waals surface area contributed by atoms with Gasteiger partial charge in [0, 0.05) is 24.8 Å². The molecule has 3 aromatic rings. The minimum absolute atomic E-state index is 0.0730. The van der Waals surface area contributed by atoms with E-state index in [-0.39, 0.29) is 5.91 Å². The van der Waals surface area contributed by atoms with Gasteiger partial charge in [0.05, 0.1) is 10.2 Å². The highest BCUT2D eigenvalue weighted by molar-refractivity contribution is 7.20. The normalized spacial score (nSPS) is 17.3. The van der Waals surface area contributed by atoms with Crippen LogP contribution >= 0.6 is 11.3 Å². The van der Waals surface area contributed by atoms with E-state index in [1.54, 1.807) is 0 Å². The van der Waals surface area contributed by atoms with E-state index in [1.165, 1.54) is 17.0 Å². The molecule has 1 fully saturated rings. The number of amides is 1. The number of carbonyl (C=O) groups excluding carboxylic acids is 1. The van der Waals surface area contributed by atoms with Crippen LogP contribution in [-0.2, 0) is 0 Å². The molecular formula is C19H19N3OS. The Morgan fingerprint density at radius 1 is 1.17 bits per heavy atom. The number of hydrogen-bond donors (Lipinski definition) is 1. The van der Waals surface area contributed by atoms with E-state index >= 15 is 0 Å². The fourth-order valence-electron chi connectivity index (χ4n) is 3.26. The Hall–Kier alpha value is -2.40. The van der Waals surface area contributed by atoms with Crippen molar-refractivity contribution in [3.05, 3.63) is 59.6 Å². The third-order valence-corrected chi connectivity index (χ3v) is 5.49. The Kier molecular flexibility index (Phi) is 4.17. The number of carbonyl (C=O) groups is 1. The first-order valence-corrected chi connectivity index (χ1v) is 9.08. The van der Waals surface area contributed by atoms with Gasteiger partial charge in [0.25, 0.3) is 5.91 Å². The van der Waals surface area contributed by atoms with Crippen molar-refractivity contribution in [2.24, 2.45) is 0 Å². The van der Waals surface area contributed by atoms with Crippen molar-refractivity contribution in [2.45, 2.75) is 18.9 Å². The van der Waals surface area contributed by atoms with Crippen LogP contribution in [0.2, 0.25) is 0 Å². The van der Waals surface area contributed by atoms with Crippen molar-refractivity contribution in [3.8, 4) is 0 Å². The van der Waals surface area contributed by atoms with Gasteiger partial charge in [-0.05, 0) is 37.1 Å². The van der Waals surface area contributed by atoms with Gasteiger partial charge in [0.15, 0.2) is 5.01 Å². The minimum atomic E-state index is -0.0730. The Morgan fingerprint density at radius 3 is 2.79 bits per heavy atom. The summed E-state index contributed by atoms with van der Waals surface area (Å²) in [7, 11) is 0. The van der Waals surface area contributed by atoms with Crippen LogP contribution in [0.4, 0.5) is 5.69 Å². The van der Waals surface area contributed by atoms with Gasteiger partial charge in [-0.2, -0.15) is 0 Å². The summed E-state index contributed by atoms with van der Waals surface area (Å²) >= 11 is 1.45. The van der Waals surface area contributed by atoms with Gasteiger partial charge < -0.3 is 10.2 Å². The van der Waals surface area contributed by atoms with E-state index in [2.05, 4.69) is 39.5 Å². The largest absolute Gasteiger partial charge is 0.367 e. The first kappa shape index (κ1) is 15.1. The SMILES string of the molecule is O=C(NC[C@@H]1CCCN1c1ccccc1)c1nc2ccccc2s1. The molecule has 122 valence electrons. The number of nitrogens with one attached hydrogen (secondary N) is 1. The van der Waals surface area contributed by atoms with Crippen molar-refractivity contribution in [1.82, 2.24) is 10.3 Å². The Bertz CT molecular complexity index is 813. The van der Waals surface area contributed by atoms with Crippen LogP contribution in [-0.4, -0.2) is 30.0 Å². The van der Waals surface area contributed by atoms with E-state index in [0.717, 1.165) is 29.6 Å². The number of benzene rings is 2. The zero-order valence-electron chi connectivity index (χ0n) is 13.3. The third kappa shape index (κ3) is 2.99. The molecule has 0 bridgehead atoms. The highest BCUT2D eigenvalue weighted by Crippen LogP contribution is 2.25. The van der Waals surface area contributed by atoms with Gasteiger partial charge in [-0.3, -0.25) is 4.79 Å². The van der Waals surface area contributed by atoms with E-state index in [4.69, 9.17) is 0 Å². The van der Waals surface area contributed by atoms with E-state index in [9.17, 15) is 4.79 Å². The first-order chi connectivity index (χ1) is 11.8. The zero-order chi connectivity index (χ0) is 16.4. The molecule has 0 aliphatic carbocycles. The summed E-state index contributed by atoms with van der Waals surface area (Å²) in [6, 6.07) is 18.6. The molecule has 0 radical (unpaired) electrons. The molecule has 1 N–H and O–H groups in total. The van der Waals surface area contributed by atoms with Crippen molar-refractivity contribution < 1.29 is 4.79 Å². The van der Waals surface area contributed by atoms with E-state index < -0.39 is 0 Å². The van der Waals surface area contributed by atoms with Gasteiger partial charge in [-0.25, -0.2) is 4.98 Å². The number of thiazole rings is 1. The molecule has 5 heteroatoms. The number of nitrogens with zero attached hydrogens (tertiary/aromatic N) is 2. The second-order valence-electron chi connectivity index (χ2n) is 6.02. The van der Waals surface area contributed by atoms with Gasteiger partial charge in [0.2, 0.25) is 0 Å². The van der Waals surface area contributed by atoms with E-state index in [1.807, 2.05) is 30.3 Å². The molecule has 0 saturated carbocycles. The zero-order valence-corrected chi connectivity index (χ0v) is 14.1. The van der Waals surface area contributed by atoms with Crippen LogP contribution in [0.3, 0.4) is 0 Å². The molecular weight excluding hydrogens is 318 g/mol. The second kappa shape index (κ2) is 6.61. The fourth-order valence-corrected chi connectivity index (χ4v) is 4.14. The second-order valence-corrected chi connectivity index (χ2v) is 7.05. The first-order valence-electron chi connectivity index (χ1n) is 8.27. The summed E-state index contributed by atoms with van der Waals surface area (Å²) in [5, 5.41) is 3.61. The van der Waals surface area contributed by atoms with Crippen LogP contribution in [0.5, 0.6) is 0 Å². The Labute approximate surface area is 145 Å². The van der Waals surface area contributed by atoms with Gasteiger partial charge in [-0.15, -0.1) is 11.3 Å². The van der Waals surface area contributed by atoms with Crippen molar-refractivity contribution >= 4 is 33.1 Å². The topological polar surface area (TPSA) is 45.2 Å². The maximum absolute atomic E-state index is 12.4. The van der Waals surface area contributed by atoms with Crippen molar-refractivity contribution in [1.29, 1.82) is 0 Å². The van der Waals surface area contributed by atoms with E-state index in [0.29, 0.717) is 17.6 Å². The predicted molar refractivity (Wildman–Crippen MR) is 98.8 cm³/mol. The van der Waals surface area contributed by atoms with Crippen molar-refractivity contribution in [3.63, 3.8) is 0 Å². The van der Waals surface area contributed by atoms with Gasteiger partial charge in [0.1, 0.15) is 0 Å². The summed E-state index contributed by atoms with van der Waals surface area (Å²) in [5.74, 6) is -0.0730. The Balaban J connectivity index is 1.43. The van der Waals surface area contributed by atoms with Crippen molar-refractivity contribution in [2.75, 3.05) is 18.0 Å². The summed E-state index contributed by atoms with van der Waals surface area (Å²) in [4.78, 5) is 19.2. The fraction of sp³-hybridized carbons (Fsp3) is 0.263. The number of para-hydroxylation sites is 2. The summed E-state index contributed by atoms with van der Waals surface area (Å²) in [6.07, 6.45) is 2.27. The smallest absolute Gasteiger partial charge is 0.280 e. The maximum Gasteiger partial charge on any atom is 0.280 e. The molecule has 1 aliphatic rings. The molecule has 2 aromatic carbocycles. The van der Waals surface area contributed by atoms with Crippen LogP contribution in [0.15, 0.2) is 54.6 Å². The monoisotopic (exact) mass is 337 g/mol. The molecule has 1 aliphatic heterocycles. The number of hydrogen-bond acceptors (Lipinski definition) is 4. The Morgan fingerprint density at radius 2 is 1.96 bits per heavy atom. The van der Waals surface area contributed by atoms with Crippen LogP contribution in [0, 0.1) is 0 Å². The lowest BCUT2D eigenvalue weighted by Gasteiger charge is -2.26. The highest BCUT2D eigenvalue weighted by atomic mass is 32.1. The molecule has 0 spiro atoms. The lowest BCUT2D eigenvalue weighted by Crippen LogP contribution is -2.40. The van der Waals surface area contributed by atoms with Crippen LogP contribution < -0.4 is 10.2 Å². The summed E-state index contributed by atoms with van der Waals surface area (Å²) < 4.78 is 1.05. The number of fused-ring (bicyclic) bond motifs is 1. The molecule has 1 saturated heterocycles. The molecule has 2 heterocycles. The number of aromatic nitrogens is 1. The number of rotatable bonds is 4. The molecule has 0 unspecified atom stereocenters. The van der Waals surface area contributed by atoms with Gasteiger partial charge >= 0.3 is 0 Å². The average molecular weight is 337 g/mol. The summed E-state index contributed by atoms with van der Waals surface area (Å²) in [5.41, 5.74) is 2.12.